The van der Waals surface area contributed by atoms with Crippen molar-refractivity contribution in [2.45, 2.75) is 57.0 Å². The average molecular weight is 398 g/mol. The Balaban J connectivity index is 1.89. The summed E-state index contributed by atoms with van der Waals surface area (Å²) in [5, 5.41) is 1.64. The predicted molar refractivity (Wildman–Crippen MR) is 122 cm³/mol. The number of rotatable bonds is 5. The quantitative estimate of drug-likeness (QED) is 0.534. The van der Waals surface area contributed by atoms with Gasteiger partial charge in [0, 0.05) is 5.56 Å². The van der Waals surface area contributed by atoms with Gasteiger partial charge in [-0.05, 0) is 63.1 Å². The van der Waals surface area contributed by atoms with E-state index in [-0.39, 0.29) is 0 Å². The van der Waals surface area contributed by atoms with E-state index < -0.39 is 7.26 Å². The lowest BCUT2D eigenvalue weighted by atomic mass is 10.0. The summed E-state index contributed by atoms with van der Waals surface area (Å²) in [5.74, 6) is 1.84. The molecule has 0 amide bonds. The van der Waals surface area contributed by atoms with Gasteiger partial charge in [-0.15, -0.1) is 0 Å². The first-order valence-electron chi connectivity index (χ1n) is 11.0. The Kier molecular flexibility index (Phi) is 6.26. The van der Waals surface area contributed by atoms with Crippen molar-refractivity contribution in [1.29, 1.82) is 0 Å². The van der Waals surface area contributed by atoms with Crippen molar-refractivity contribution < 1.29 is 9.47 Å². The van der Waals surface area contributed by atoms with Gasteiger partial charge in [-0.25, -0.2) is 0 Å². The third-order valence-corrected chi connectivity index (χ3v) is 12.5. The largest absolute Gasteiger partial charge is 0.496 e. The van der Waals surface area contributed by atoms with Crippen LogP contribution in [0.2, 0.25) is 0 Å². The van der Waals surface area contributed by atoms with E-state index in [0.29, 0.717) is 0 Å². The zero-order chi connectivity index (χ0) is 19.4. The average Bonchev–Trinajstić information content (AvgIpc) is 2.79. The molecule has 4 rings (SSSR count). The van der Waals surface area contributed by atoms with Crippen LogP contribution in [-0.2, 0) is 0 Å². The third-order valence-electron chi connectivity index (χ3n) is 6.97. The van der Waals surface area contributed by atoms with E-state index in [4.69, 9.17) is 9.47 Å². The Labute approximate surface area is 171 Å². The molecule has 0 spiro atoms. The molecule has 1 aliphatic carbocycles. The summed E-state index contributed by atoms with van der Waals surface area (Å²) >= 11 is 0. The highest BCUT2D eigenvalue weighted by Crippen LogP contribution is 2.69. The fourth-order valence-corrected chi connectivity index (χ4v) is 11.5. The molecule has 0 unspecified atom stereocenters. The molecule has 1 saturated carbocycles. The van der Waals surface area contributed by atoms with Gasteiger partial charge in [0.15, 0.2) is 0 Å². The first-order valence-corrected chi connectivity index (χ1v) is 13.2. The van der Waals surface area contributed by atoms with E-state index in [0.717, 1.165) is 22.7 Å². The maximum absolute atomic E-state index is 5.80. The minimum atomic E-state index is -1.19. The molecule has 0 radical (unpaired) electrons. The van der Waals surface area contributed by atoms with Crippen LogP contribution in [-0.4, -0.2) is 32.2 Å². The molecule has 3 heteroatoms. The maximum atomic E-state index is 5.80. The molecular weight excluding hydrogens is 363 g/mol. The summed E-state index contributed by atoms with van der Waals surface area (Å²) in [7, 11) is 2.35. The van der Waals surface area contributed by atoms with Gasteiger partial charge in [-0.2, -0.15) is 0 Å². The second-order valence-electron chi connectivity index (χ2n) is 8.39. The molecule has 150 valence electrons. The molecule has 1 saturated heterocycles. The molecule has 1 heterocycles. The lowest BCUT2D eigenvalue weighted by molar-refractivity contribution is 0.397. The fourth-order valence-electron chi connectivity index (χ4n) is 5.64. The van der Waals surface area contributed by atoms with Crippen LogP contribution in [0.5, 0.6) is 11.5 Å². The van der Waals surface area contributed by atoms with Crippen molar-refractivity contribution in [2.75, 3.05) is 26.5 Å². The number of hydrogen-bond donors (Lipinski definition) is 0. The first-order chi connectivity index (χ1) is 13.8. The van der Waals surface area contributed by atoms with E-state index >= 15 is 0 Å². The lowest BCUT2D eigenvalue weighted by Gasteiger charge is -2.40. The lowest BCUT2D eigenvalue weighted by Crippen LogP contribution is -2.33. The van der Waals surface area contributed by atoms with Crippen LogP contribution < -0.4 is 14.8 Å². The van der Waals surface area contributed by atoms with Crippen LogP contribution in [0.25, 0.3) is 11.1 Å². The normalized spacial score (nSPS) is 19.9. The van der Waals surface area contributed by atoms with E-state index in [1.807, 2.05) is 6.07 Å². The predicted octanol–water partition coefficient (Wildman–Crippen LogP) is 6.53. The van der Waals surface area contributed by atoms with E-state index in [1.165, 1.54) is 69.3 Å². The van der Waals surface area contributed by atoms with Crippen LogP contribution in [0.1, 0.15) is 51.4 Å². The first kappa shape index (κ1) is 19.8. The summed E-state index contributed by atoms with van der Waals surface area (Å²) in [6.45, 7) is 0. The highest BCUT2D eigenvalue weighted by molar-refractivity contribution is 7.83. The number of methoxy groups -OCH3 is 2. The topological polar surface area (TPSA) is 18.5 Å². The van der Waals surface area contributed by atoms with Gasteiger partial charge < -0.3 is 9.47 Å². The van der Waals surface area contributed by atoms with Crippen molar-refractivity contribution in [3.05, 3.63) is 42.5 Å². The Morgan fingerprint density at radius 2 is 1.32 bits per heavy atom. The molecule has 28 heavy (non-hydrogen) atoms. The molecule has 2 nitrogen and oxygen atoms in total. The molecule has 0 bridgehead atoms. The number of hydrogen-bond acceptors (Lipinski definition) is 2. The van der Waals surface area contributed by atoms with Crippen molar-refractivity contribution in [2.24, 2.45) is 0 Å². The zero-order valence-corrected chi connectivity index (χ0v) is 18.3. The highest BCUT2D eigenvalue weighted by atomic mass is 31.2. The van der Waals surface area contributed by atoms with Crippen LogP contribution >= 0.6 is 7.26 Å². The minimum absolute atomic E-state index is 0.920. The maximum Gasteiger partial charge on any atom is 0.130 e. The van der Waals surface area contributed by atoms with E-state index in [2.05, 4.69) is 36.4 Å². The third kappa shape index (κ3) is 3.57. The van der Waals surface area contributed by atoms with Crippen molar-refractivity contribution in [3.63, 3.8) is 0 Å². The van der Waals surface area contributed by atoms with E-state index in [1.54, 1.807) is 19.5 Å². The summed E-state index contributed by atoms with van der Waals surface area (Å²) in [6, 6.07) is 15.4. The standard InChI is InChI=1S/C25H34O2P/c1-26-22-15-11-16-23(27-2)25(22)21-14-7-8-17-24(21)28(18-9-4-10-19-28)20-12-5-3-6-13-20/h7-8,11,14-17,20H,3-6,9-10,12-13,18-19H2,1-2H3/q+1. The molecule has 2 aliphatic rings. The molecule has 0 N–H and O–H groups in total. The van der Waals surface area contributed by atoms with Gasteiger partial charge in [0.1, 0.15) is 16.8 Å². The van der Waals surface area contributed by atoms with Gasteiger partial charge in [-0.3, -0.25) is 0 Å². The molecule has 2 aromatic carbocycles. The molecular formula is C25H34O2P+. The molecule has 2 fully saturated rings. The number of ether oxygens (including phenoxy) is 2. The monoisotopic (exact) mass is 397 g/mol. The SMILES string of the molecule is COc1cccc(OC)c1-c1ccccc1[P+]1(C2CCCCC2)CCCCC1. The van der Waals surface area contributed by atoms with Crippen molar-refractivity contribution >= 4 is 12.6 Å². The van der Waals surface area contributed by atoms with Crippen LogP contribution in [0.3, 0.4) is 0 Å². The smallest absolute Gasteiger partial charge is 0.130 e. The van der Waals surface area contributed by atoms with Gasteiger partial charge in [0.25, 0.3) is 0 Å². The second kappa shape index (κ2) is 8.87. The minimum Gasteiger partial charge on any atom is -0.496 e. The molecule has 2 aromatic rings. The van der Waals surface area contributed by atoms with E-state index in [9.17, 15) is 0 Å². The fraction of sp³-hybridized carbons (Fsp3) is 0.520. The van der Waals surface area contributed by atoms with Crippen molar-refractivity contribution in [3.8, 4) is 22.6 Å². The summed E-state index contributed by atoms with van der Waals surface area (Å²) in [6.07, 6.45) is 14.2. The van der Waals surface area contributed by atoms with Gasteiger partial charge in [0.05, 0.1) is 45.0 Å². The number of benzene rings is 2. The van der Waals surface area contributed by atoms with Crippen LogP contribution in [0, 0.1) is 0 Å². The van der Waals surface area contributed by atoms with Gasteiger partial charge in [0.2, 0.25) is 0 Å². The Morgan fingerprint density at radius 1 is 0.714 bits per heavy atom. The zero-order valence-electron chi connectivity index (χ0n) is 17.5. The Morgan fingerprint density at radius 3 is 1.96 bits per heavy atom. The molecule has 1 aliphatic heterocycles. The molecule has 0 aromatic heterocycles. The van der Waals surface area contributed by atoms with Gasteiger partial charge >= 0.3 is 0 Å². The highest BCUT2D eigenvalue weighted by Gasteiger charge is 2.50. The summed E-state index contributed by atoms with van der Waals surface area (Å²) in [4.78, 5) is 0. The molecule has 0 atom stereocenters. The Bertz CT molecular complexity index is 767. The second-order valence-corrected chi connectivity index (χ2v) is 12.6. The summed E-state index contributed by atoms with van der Waals surface area (Å²) in [5.41, 5.74) is 3.42. The van der Waals surface area contributed by atoms with Crippen LogP contribution in [0.15, 0.2) is 42.5 Å². The van der Waals surface area contributed by atoms with Crippen molar-refractivity contribution in [1.82, 2.24) is 0 Å². The van der Waals surface area contributed by atoms with Gasteiger partial charge in [-0.1, -0.05) is 30.7 Å². The summed E-state index contributed by atoms with van der Waals surface area (Å²) < 4.78 is 11.6. The Hall–Kier alpha value is -1.53. The van der Waals surface area contributed by atoms with Crippen LogP contribution in [0.4, 0.5) is 0 Å².